The molecule has 0 bridgehead atoms. The van der Waals surface area contributed by atoms with Crippen LogP contribution in [-0.4, -0.2) is 50.3 Å². The Hall–Kier alpha value is -1.02. The van der Waals surface area contributed by atoms with E-state index in [0.29, 0.717) is 24.8 Å². The second kappa shape index (κ2) is 10.1. The van der Waals surface area contributed by atoms with Gasteiger partial charge in [0.15, 0.2) is 0 Å². The number of likely N-dealkylation sites (tertiary alicyclic amines) is 1. The molecule has 0 radical (unpaired) electrons. The summed E-state index contributed by atoms with van der Waals surface area (Å²) in [6.45, 7) is 5.68. The summed E-state index contributed by atoms with van der Waals surface area (Å²) in [7, 11) is 6.34. The third kappa shape index (κ3) is 7.25. The number of halogens is 1. The van der Waals surface area contributed by atoms with E-state index in [4.69, 9.17) is 0 Å². The summed E-state index contributed by atoms with van der Waals surface area (Å²) in [6.07, 6.45) is 2.13. The van der Waals surface area contributed by atoms with Gasteiger partial charge in [0.1, 0.15) is 17.5 Å². The van der Waals surface area contributed by atoms with Gasteiger partial charge in [0, 0.05) is 24.7 Å². The lowest BCUT2D eigenvalue weighted by atomic mass is 9.99. The van der Waals surface area contributed by atoms with Crippen LogP contribution in [0, 0.1) is 0 Å². The van der Waals surface area contributed by atoms with Gasteiger partial charge in [-0.05, 0) is 37.3 Å². The summed E-state index contributed by atoms with van der Waals surface area (Å²) in [5, 5.41) is 19.6. The van der Waals surface area contributed by atoms with Crippen LogP contribution in [0.2, 0.25) is 0 Å². The number of phenols is 1. The monoisotopic (exact) mass is 450 g/mol. The average Bonchev–Trinajstić information content (AvgIpc) is 2.47. The molecule has 0 aliphatic carbocycles. The fraction of sp³-hybridized carbons (Fsp3) is 0.611. The first-order valence-electron chi connectivity index (χ1n) is 8.23. The summed E-state index contributed by atoms with van der Waals surface area (Å²) in [6, 6.07) is 5.63. The van der Waals surface area contributed by atoms with E-state index in [9.17, 15) is 15.0 Å². The van der Waals surface area contributed by atoms with Gasteiger partial charge < -0.3 is 19.9 Å². The highest BCUT2D eigenvalue weighted by atomic mass is 127. The summed E-state index contributed by atoms with van der Waals surface area (Å²) in [5.41, 5.74) is 2.48. The van der Waals surface area contributed by atoms with Crippen LogP contribution in [0.3, 0.4) is 0 Å². The highest BCUT2D eigenvalue weighted by molar-refractivity contribution is 14.0. The standard InChI is InChI=1S/C12H19NO.C6H11NO2.HI/c1-9(2)11-7-6-10(14)8-12(11)13(3,4)5;8-6(9)7-4-2-1-3-5-7;/h6-9H,1-5H3;1-5H2,(H,8,9);1H. The topological polar surface area (TPSA) is 63.6 Å². The van der Waals surface area contributed by atoms with Gasteiger partial charge in [-0.25, -0.2) is 0 Å². The number of amides is 1. The third-order valence-corrected chi connectivity index (χ3v) is 3.97. The zero-order chi connectivity index (χ0) is 17.6. The number of nitrogens with zero attached hydrogens (tertiary/aromatic N) is 2. The molecule has 0 atom stereocenters. The lowest BCUT2D eigenvalue weighted by molar-refractivity contribution is -0.266. The van der Waals surface area contributed by atoms with Crippen molar-refractivity contribution in [3.05, 3.63) is 23.8 Å². The number of hydrogen-bond donors (Lipinski definition) is 1. The fourth-order valence-electron chi connectivity index (χ4n) is 2.68. The molecule has 1 N–H and O–H groups in total. The normalized spacial score (nSPS) is 14.5. The second-order valence-corrected chi connectivity index (χ2v) is 7.22. The molecule has 0 spiro atoms. The fourth-order valence-corrected chi connectivity index (χ4v) is 2.68. The SMILES string of the molecule is CC(C)c1ccc(O)cc1[N+](C)(C)C.I.O=C([O-])N1CCCCC1. The highest BCUT2D eigenvalue weighted by Gasteiger charge is 2.19. The molecule has 0 saturated carbocycles. The number of aromatic hydroxyl groups is 1. The Labute approximate surface area is 162 Å². The van der Waals surface area contributed by atoms with Crippen LogP contribution in [0.25, 0.3) is 0 Å². The van der Waals surface area contributed by atoms with Crippen LogP contribution in [0.1, 0.15) is 44.6 Å². The Bertz CT molecular complexity index is 521. The van der Waals surface area contributed by atoms with Gasteiger partial charge in [-0.3, -0.25) is 4.48 Å². The molecule has 1 fully saturated rings. The summed E-state index contributed by atoms with van der Waals surface area (Å²) < 4.78 is 0.738. The van der Waals surface area contributed by atoms with Gasteiger partial charge in [-0.2, -0.15) is 0 Å². The van der Waals surface area contributed by atoms with Gasteiger partial charge >= 0.3 is 0 Å². The zero-order valence-electron chi connectivity index (χ0n) is 15.4. The number of carbonyl (C=O) groups is 1. The summed E-state index contributed by atoms with van der Waals surface area (Å²) in [5.74, 6) is 0.834. The Morgan fingerprint density at radius 2 is 1.71 bits per heavy atom. The van der Waals surface area contributed by atoms with Crippen molar-refractivity contribution >= 4 is 35.8 Å². The molecule has 1 saturated heterocycles. The average molecular weight is 450 g/mol. The Balaban J connectivity index is 0.000000460. The van der Waals surface area contributed by atoms with Crippen LogP contribution < -0.4 is 9.59 Å². The number of phenolic OH excluding ortho intramolecular Hbond substituents is 1. The lowest BCUT2D eigenvalue weighted by Crippen LogP contribution is -2.43. The van der Waals surface area contributed by atoms with Crippen LogP contribution in [-0.2, 0) is 0 Å². The predicted octanol–water partition coefficient (Wildman–Crippen LogP) is 3.15. The van der Waals surface area contributed by atoms with Crippen molar-refractivity contribution in [1.29, 1.82) is 0 Å². The Kier molecular flexibility index (Phi) is 9.65. The van der Waals surface area contributed by atoms with Crippen molar-refractivity contribution < 1.29 is 15.0 Å². The number of piperidine rings is 1. The molecule has 1 aliphatic rings. The van der Waals surface area contributed by atoms with Gasteiger partial charge in [0.25, 0.3) is 0 Å². The van der Waals surface area contributed by atoms with Gasteiger partial charge in [0.2, 0.25) is 0 Å². The highest BCUT2D eigenvalue weighted by Crippen LogP contribution is 2.32. The molecule has 24 heavy (non-hydrogen) atoms. The first-order chi connectivity index (χ1) is 10.6. The van der Waals surface area contributed by atoms with Crippen molar-refractivity contribution in [2.75, 3.05) is 34.2 Å². The van der Waals surface area contributed by atoms with Crippen LogP contribution >= 0.6 is 24.0 Å². The molecule has 1 heterocycles. The minimum absolute atomic E-state index is 0. The molecule has 1 aromatic rings. The van der Waals surface area contributed by atoms with E-state index >= 15 is 0 Å². The van der Waals surface area contributed by atoms with Crippen molar-refractivity contribution in [3.63, 3.8) is 0 Å². The molecule has 1 aromatic carbocycles. The van der Waals surface area contributed by atoms with E-state index < -0.39 is 6.09 Å². The minimum atomic E-state index is -1.02. The number of rotatable bonds is 2. The maximum atomic E-state index is 10.2. The third-order valence-electron chi connectivity index (χ3n) is 3.97. The smallest absolute Gasteiger partial charge is 0.139 e. The predicted molar refractivity (Wildman–Crippen MR) is 108 cm³/mol. The van der Waals surface area contributed by atoms with Gasteiger partial charge in [-0.1, -0.05) is 13.8 Å². The number of benzene rings is 1. The van der Waals surface area contributed by atoms with E-state index in [-0.39, 0.29) is 24.0 Å². The maximum Gasteiger partial charge on any atom is 0.139 e. The quantitative estimate of drug-likeness (QED) is 0.556. The summed E-state index contributed by atoms with van der Waals surface area (Å²) >= 11 is 0. The van der Waals surface area contributed by atoms with E-state index in [1.807, 2.05) is 12.1 Å². The van der Waals surface area contributed by atoms with Crippen molar-refractivity contribution in [3.8, 4) is 5.75 Å². The van der Waals surface area contributed by atoms with E-state index in [0.717, 1.165) is 23.7 Å². The van der Waals surface area contributed by atoms with E-state index in [2.05, 4.69) is 35.0 Å². The van der Waals surface area contributed by atoms with Crippen LogP contribution in [0.4, 0.5) is 10.5 Å². The van der Waals surface area contributed by atoms with Crippen LogP contribution in [0.5, 0.6) is 5.75 Å². The molecule has 6 heteroatoms. The molecule has 138 valence electrons. The Morgan fingerprint density at radius 3 is 2.08 bits per heavy atom. The zero-order valence-corrected chi connectivity index (χ0v) is 17.7. The molecule has 1 aliphatic heterocycles. The second-order valence-electron chi connectivity index (χ2n) is 7.22. The van der Waals surface area contributed by atoms with E-state index in [1.54, 1.807) is 6.07 Å². The van der Waals surface area contributed by atoms with Crippen LogP contribution in [0.15, 0.2) is 18.2 Å². The van der Waals surface area contributed by atoms with Gasteiger partial charge in [0.05, 0.1) is 21.1 Å². The first kappa shape index (κ1) is 23.0. The number of quaternary nitrogens is 1. The molecule has 0 aromatic heterocycles. The molecule has 1 amide bonds. The number of carboxylic acid groups (broad SMARTS) is 1. The largest absolute Gasteiger partial charge is 0.530 e. The maximum absolute atomic E-state index is 10.2. The van der Waals surface area contributed by atoms with E-state index in [1.165, 1.54) is 16.2 Å². The summed E-state index contributed by atoms with van der Waals surface area (Å²) in [4.78, 5) is 11.5. The van der Waals surface area contributed by atoms with Crippen molar-refractivity contribution in [1.82, 2.24) is 9.38 Å². The van der Waals surface area contributed by atoms with Crippen molar-refractivity contribution in [2.45, 2.75) is 39.0 Å². The van der Waals surface area contributed by atoms with Gasteiger partial charge in [-0.15, -0.1) is 24.0 Å². The first-order valence-corrected chi connectivity index (χ1v) is 8.23. The molecule has 2 rings (SSSR count). The molecule has 5 nitrogen and oxygen atoms in total. The number of carbonyl (C=O) groups excluding carboxylic acids is 1. The molecular formula is C18H31IN2O3. The number of hydrogen-bond acceptors (Lipinski definition) is 3. The van der Waals surface area contributed by atoms with Crippen molar-refractivity contribution in [2.24, 2.45) is 0 Å². The molecular weight excluding hydrogens is 419 g/mol. The lowest BCUT2D eigenvalue weighted by Gasteiger charge is -2.28. The molecule has 0 unspecified atom stereocenters. The Morgan fingerprint density at radius 1 is 1.17 bits per heavy atom. The minimum Gasteiger partial charge on any atom is -0.530 e.